The zero-order chi connectivity index (χ0) is 28.2. The number of hydrogen-bond acceptors (Lipinski definition) is 6. The van der Waals surface area contributed by atoms with Crippen molar-refractivity contribution in [3.05, 3.63) is 105 Å². The van der Waals surface area contributed by atoms with E-state index in [9.17, 15) is 4.79 Å². The normalized spacial score (nSPS) is 14.5. The number of carbonyl (C=O) groups excluding carboxylic acids is 1. The van der Waals surface area contributed by atoms with E-state index >= 15 is 0 Å². The number of hydrogen-bond donors (Lipinski definition) is 2. The lowest BCUT2D eigenvalue weighted by atomic mass is 9.95. The highest BCUT2D eigenvalue weighted by Gasteiger charge is 2.34. The minimum absolute atomic E-state index is 0.208. The molecule has 7 nitrogen and oxygen atoms in total. The Morgan fingerprint density at radius 3 is 2.52 bits per heavy atom. The highest BCUT2D eigenvalue weighted by molar-refractivity contribution is 7.99. The fourth-order valence-corrected chi connectivity index (χ4v) is 5.52. The van der Waals surface area contributed by atoms with Crippen LogP contribution >= 0.6 is 35.0 Å². The Kier molecular flexibility index (Phi) is 8.69. The van der Waals surface area contributed by atoms with E-state index in [1.807, 2.05) is 68.4 Å². The molecule has 2 heterocycles. The number of carbonyl (C=O) groups is 1. The maximum absolute atomic E-state index is 13.7. The number of benzene rings is 3. The molecule has 1 aliphatic heterocycles. The van der Waals surface area contributed by atoms with Crippen molar-refractivity contribution in [2.24, 2.45) is 0 Å². The summed E-state index contributed by atoms with van der Waals surface area (Å²) in [4.78, 5) is 18.4. The summed E-state index contributed by atoms with van der Waals surface area (Å²) >= 11 is 13.9. The minimum atomic E-state index is -0.482. The SMILES string of the molecule is CCCSc1nc2n(n1)C(c1ccc(OCc3ccc(Cl)cc3Cl)cc1)C(C(=O)Nc1ccc(C)cc1)=C(C)N2. The van der Waals surface area contributed by atoms with Gasteiger partial charge in [-0.2, -0.15) is 4.98 Å². The predicted molar refractivity (Wildman–Crippen MR) is 163 cm³/mol. The quantitative estimate of drug-likeness (QED) is 0.192. The van der Waals surface area contributed by atoms with Crippen LogP contribution in [0.2, 0.25) is 10.0 Å². The summed E-state index contributed by atoms with van der Waals surface area (Å²) in [6, 6.07) is 20.2. The monoisotopic (exact) mass is 593 g/mol. The lowest BCUT2D eigenvalue weighted by Gasteiger charge is -2.28. The molecule has 3 aromatic carbocycles. The van der Waals surface area contributed by atoms with Crippen LogP contribution in [0, 0.1) is 6.92 Å². The first kappa shape index (κ1) is 28.1. The van der Waals surface area contributed by atoms with Crippen molar-refractivity contribution in [1.29, 1.82) is 0 Å². The summed E-state index contributed by atoms with van der Waals surface area (Å²) in [6.45, 7) is 6.32. The number of aromatic nitrogens is 3. The topological polar surface area (TPSA) is 81.1 Å². The molecule has 0 spiro atoms. The zero-order valence-electron chi connectivity index (χ0n) is 22.4. The van der Waals surface area contributed by atoms with Gasteiger partial charge in [-0.25, -0.2) is 4.68 Å². The van der Waals surface area contributed by atoms with Crippen LogP contribution < -0.4 is 15.4 Å². The zero-order valence-corrected chi connectivity index (χ0v) is 24.7. The number of nitrogens with one attached hydrogen (secondary N) is 2. The highest BCUT2D eigenvalue weighted by Crippen LogP contribution is 2.37. The number of thioether (sulfide) groups is 1. The Morgan fingerprint density at radius 2 is 1.82 bits per heavy atom. The Hall–Kier alpha value is -3.46. The number of anilines is 2. The largest absolute Gasteiger partial charge is 0.489 e. The van der Waals surface area contributed by atoms with Gasteiger partial charge in [-0.3, -0.25) is 4.79 Å². The van der Waals surface area contributed by atoms with Crippen LogP contribution in [0.4, 0.5) is 11.6 Å². The molecule has 2 N–H and O–H groups in total. The third-order valence-corrected chi connectivity index (χ3v) is 8.06. The van der Waals surface area contributed by atoms with Crippen LogP contribution in [0.3, 0.4) is 0 Å². The van der Waals surface area contributed by atoms with E-state index in [2.05, 4.69) is 22.5 Å². The molecule has 206 valence electrons. The number of ether oxygens (including phenoxy) is 1. The van der Waals surface area contributed by atoms with Crippen LogP contribution in [-0.4, -0.2) is 26.4 Å². The van der Waals surface area contributed by atoms with Crippen LogP contribution in [0.25, 0.3) is 0 Å². The van der Waals surface area contributed by atoms with E-state index in [1.165, 1.54) is 0 Å². The number of amides is 1. The first-order valence-corrected chi connectivity index (χ1v) is 14.7. The molecular formula is C30H29Cl2N5O2S. The van der Waals surface area contributed by atoms with Gasteiger partial charge in [0.1, 0.15) is 18.4 Å². The molecule has 10 heteroatoms. The lowest BCUT2D eigenvalue weighted by molar-refractivity contribution is -0.113. The summed E-state index contributed by atoms with van der Waals surface area (Å²) < 4.78 is 7.78. The maximum atomic E-state index is 13.7. The molecule has 1 aromatic heterocycles. The maximum Gasteiger partial charge on any atom is 0.255 e. The second-order valence-electron chi connectivity index (χ2n) is 9.49. The molecular weight excluding hydrogens is 565 g/mol. The molecule has 4 aromatic rings. The van der Waals surface area contributed by atoms with Crippen molar-refractivity contribution in [3.8, 4) is 5.75 Å². The summed E-state index contributed by atoms with van der Waals surface area (Å²) in [5.74, 6) is 1.98. The van der Waals surface area contributed by atoms with Gasteiger partial charge >= 0.3 is 0 Å². The van der Waals surface area contributed by atoms with Gasteiger partial charge in [0.2, 0.25) is 11.1 Å². The Morgan fingerprint density at radius 1 is 1.07 bits per heavy atom. The highest BCUT2D eigenvalue weighted by atomic mass is 35.5. The van der Waals surface area contributed by atoms with Crippen LogP contribution in [-0.2, 0) is 11.4 Å². The third-order valence-electron chi connectivity index (χ3n) is 6.43. The van der Waals surface area contributed by atoms with Gasteiger partial charge in [0.05, 0.1) is 5.57 Å². The number of allylic oxidation sites excluding steroid dienone is 1. The number of nitrogens with zero attached hydrogens (tertiary/aromatic N) is 3. The van der Waals surface area contributed by atoms with Gasteiger partial charge in [0.25, 0.3) is 5.91 Å². The van der Waals surface area contributed by atoms with Crippen molar-refractivity contribution in [2.45, 2.75) is 45.0 Å². The average molecular weight is 595 g/mol. The summed E-state index contributed by atoms with van der Waals surface area (Å²) in [5.41, 5.74) is 4.85. The first-order chi connectivity index (χ1) is 19.3. The van der Waals surface area contributed by atoms with E-state index < -0.39 is 6.04 Å². The average Bonchev–Trinajstić information content (AvgIpc) is 3.34. The summed E-state index contributed by atoms with van der Waals surface area (Å²) in [7, 11) is 0. The van der Waals surface area contributed by atoms with E-state index in [4.69, 9.17) is 33.0 Å². The first-order valence-electron chi connectivity index (χ1n) is 12.9. The Bertz CT molecular complexity index is 1550. The molecule has 0 radical (unpaired) electrons. The van der Waals surface area contributed by atoms with Gasteiger partial charge in [-0.1, -0.05) is 77.8 Å². The van der Waals surface area contributed by atoms with Crippen molar-refractivity contribution >= 4 is 52.5 Å². The predicted octanol–water partition coefficient (Wildman–Crippen LogP) is 7.90. The van der Waals surface area contributed by atoms with Gasteiger partial charge < -0.3 is 15.4 Å². The summed E-state index contributed by atoms with van der Waals surface area (Å²) in [5, 5.41) is 12.9. The third kappa shape index (κ3) is 6.30. The molecule has 0 saturated heterocycles. The standard InChI is InChI=1S/C30H29Cl2N5O2S/c1-4-15-40-30-35-29-33-19(3)26(28(38)34-23-11-5-18(2)6-12-23)27(37(29)36-30)20-8-13-24(14-9-20)39-17-21-7-10-22(31)16-25(21)32/h5-14,16,27H,4,15,17H2,1-3H3,(H,34,38)(H,33,35,36). The number of fused-ring (bicyclic) bond motifs is 1. The van der Waals surface area contributed by atoms with E-state index in [-0.39, 0.29) is 5.91 Å². The van der Waals surface area contributed by atoms with E-state index in [0.29, 0.717) is 39.1 Å². The molecule has 5 rings (SSSR count). The second kappa shape index (κ2) is 12.4. The molecule has 0 bridgehead atoms. The van der Waals surface area contributed by atoms with Gasteiger partial charge in [0, 0.05) is 32.7 Å². The fourth-order valence-electron chi connectivity index (χ4n) is 4.37. The van der Waals surface area contributed by atoms with E-state index in [1.54, 1.807) is 28.6 Å². The second-order valence-corrected chi connectivity index (χ2v) is 11.4. The molecule has 0 fully saturated rings. The number of aryl methyl sites for hydroxylation is 1. The fraction of sp³-hybridized carbons (Fsp3) is 0.233. The Balaban J connectivity index is 1.44. The van der Waals surface area contributed by atoms with Gasteiger partial charge in [-0.15, -0.1) is 5.10 Å². The molecule has 1 amide bonds. The Labute approximate surface area is 247 Å². The van der Waals surface area contributed by atoms with Crippen LogP contribution in [0.5, 0.6) is 5.75 Å². The molecule has 0 aliphatic carbocycles. The van der Waals surface area contributed by atoms with Gasteiger partial charge in [0.15, 0.2) is 0 Å². The molecule has 40 heavy (non-hydrogen) atoms. The summed E-state index contributed by atoms with van der Waals surface area (Å²) in [6.07, 6.45) is 1.01. The van der Waals surface area contributed by atoms with Crippen molar-refractivity contribution in [2.75, 3.05) is 16.4 Å². The smallest absolute Gasteiger partial charge is 0.255 e. The molecule has 1 atom stereocenters. The van der Waals surface area contributed by atoms with Crippen molar-refractivity contribution < 1.29 is 9.53 Å². The van der Waals surface area contributed by atoms with Crippen molar-refractivity contribution in [1.82, 2.24) is 14.8 Å². The van der Waals surface area contributed by atoms with Crippen LogP contribution in [0.1, 0.15) is 43.0 Å². The lowest BCUT2D eigenvalue weighted by Crippen LogP contribution is -2.31. The molecule has 1 unspecified atom stereocenters. The van der Waals surface area contributed by atoms with Crippen molar-refractivity contribution in [3.63, 3.8) is 0 Å². The van der Waals surface area contributed by atoms with Gasteiger partial charge in [-0.05, 0) is 62.2 Å². The molecule has 0 saturated carbocycles. The number of rotatable bonds is 9. The minimum Gasteiger partial charge on any atom is -0.489 e. The van der Waals surface area contributed by atoms with Crippen LogP contribution in [0.15, 0.2) is 83.2 Å². The molecule has 1 aliphatic rings. The number of halogens is 2. The van der Waals surface area contributed by atoms with E-state index in [0.717, 1.165) is 40.2 Å².